The average molecular weight is 912 g/mol. The van der Waals surface area contributed by atoms with Crippen LogP contribution in [0.2, 0.25) is 5.02 Å². The molecule has 7 rings (SSSR count). The van der Waals surface area contributed by atoms with Crippen LogP contribution in [0.3, 0.4) is 0 Å². The van der Waals surface area contributed by atoms with Crippen molar-refractivity contribution in [2.75, 3.05) is 61.8 Å². The predicted molar refractivity (Wildman–Crippen MR) is 253 cm³/mol. The minimum Gasteiger partial charge on any atom is -0.376 e. The van der Waals surface area contributed by atoms with Gasteiger partial charge in [-0.05, 0) is 110 Å². The Kier molecular flexibility index (Phi) is 15.8. The Morgan fingerprint density at radius 1 is 0.857 bits per heavy atom. The number of nitrogens with one attached hydrogen (secondary N) is 2. The number of nitro benzene ring substituents is 1. The van der Waals surface area contributed by atoms with Crippen molar-refractivity contribution in [2.24, 2.45) is 0 Å². The molecule has 2 saturated heterocycles. The summed E-state index contributed by atoms with van der Waals surface area (Å²) in [6.45, 7) is 10.8. The lowest BCUT2D eigenvalue weighted by atomic mass is 9.99. The van der Waals surface area contributed by atoms with Crippen molar-refractivity contribution in [2.45, 2.75) is 67.7 Å². The molecule has 0 bridgehead atoms. The molecule has 0 aromatic heterocycles. The van der Waals surface area contributed by atoms with Crippen molar-refractivity contribution < 1.29 is 22.9 Å². The summed E-state index contributed by atoms with van der Waals surface area (Å²) in [5.41, 5.74) is 4.46. The van der Waals surface area contributed by atoms with E-state index in [9.17, 15) is 23.3 Å². The first-order valence-electron chi connectivity index (χ1n) is 21.5. The maximum Gasteiger partial charge on any atom is 0.293 e. The summed E-state index contributed by atoms with van der Waals surface area (Å²) in [6, 6.07) is 36.6. The van der Waals surface area contributed by atoms with Crippen molar-refractivity contribution in [1.82, 2.24) is 14.5 Å². The summed E-state index contributed by atoms with van der Waals surface area (Å²) in [4.78, 5) is 32.9. The number of ether oxygens (including phenoxy) is 1. The molecule has 0 aliphatic carbocycles. The van der Waals surface area contributed by atoms with E-state index in [4.69, 9.17) is 16.3 Å². The fraction of sp³-hybridized carbons (Fsp3) is 0.354. The second-order valence-electron chi connectivity index (χ2n) is 16.3. The average Bonchev–Trinajstić information content (AvgIpc) is 3.28. The molecule has 0 spiro atoms. The zero-order chi connectivity index (χ0) is 44.3. The minimum absolute atomic E-state index is 0.156. The van der Waals surface area contributed by atoms with Crippen molar-refractivity contribution in [3.05, 3.63) is 148 Å². The Morgan fingerprint density at radius 3 is 2.22 bits per heavy atom. The monoisotopic (exact) mass is 910 g/mol. The number of piperidine rings is 1. The Balaban J connectivity index is 0.952. The zero-order valence-corrected chi connectivity index (χ0v) is 38.1. The maximum atomic E-state index is 13.5. The normalized spacial score (nSPS) is 15.9. The molecule has 332 valence electrons. The van der Waals surface area contributed by atoms with Gasteiger partial charge in [-0.1, -0.05) is 66.2 Å². The predicted octanol–water partition coefficient (Wildman–Crippen LogP) is 9.21. The molecule has 12 nitrogen and oxygen atoms in total. The van der Waals surface area contributed by atoms with Gasteiger partial charge < -0.3 is 19.9 Å². The lowest BCUT2D eigenvalue weighted by molar-refractivity contribution is -0.384. The van der Waals surface area contributed by atoms with Crippen LogP contribution in [0.5, 0.6) is 0 Å². The van der Waals surface area contributed by atoms with E-state index in [1.165, 1.54) is 23.3 Å². The number of carbonyl (C=O) groups excluding carboxylic acids is 1. The van der Waals surface area contributed by atoms with Crippen molar-refractivity contribution in [3.8, 4) is 11.1 Å². The Hall–Kier alpha value is -4.96. The van der Waals surface area contributed by atoms with Gasteiger partial charge in [0, 0.05) is 91.4 Å². The molecule has 5 aromatic carbocycles. The van der Waals surface area contributed by atoms with Crippen molar-refractivity contribution >= 4 is 56.4 Å². The highest BCUT2D eigenvalue weighted by Crippen LogP contribution is 2.31. The standard InChI is InChI=1S/C48H55ClN6O6S2/c1-35(2)61-42-23-26-52(27-24-42)25-22-40(34-62-43-9-4-3-5-10-43)50-46-21-20-44(32-47(46)55(57)58)63(59,60)51-48(56)37-14-18-41(19-15-37)54-30-28-53(29-31-54)33-38-8-6-7-11-45(38)36-12-16-39(49)17-13-36/h3-21,32,35,40,42,50H,22-31,33-34H2,1-2H3,(H,51,56)/t40-/m1/s1. The molecule has 2 aliphatic rings. The Bertz CT molecular complexity index is 2410. The first-order valence-corrected chi connectivity index (χ1v) is 24.3. The highest BCUT2D eigenvalue weighted by atomic mass is 35.5. The number of anilines is 2. The third-order valence-corrected chi connectivity index (χ3v) is 14.2. The molecular formula is C48H55ClN6O6S2. The summed E-state index contributed by atoms with van der Waals surface area (Å²) < 4.78 is 35.2. The molecular weight excluding hydrogens is 856 g/mol. The van der Waals surface area contributed by atoms with Gasteiger partial charge in [0.05, 0.1) is 22.0 Å². The van der Waals surface area contributed by atoms with Crippen LogP contribution in [0.15, 0.2) is 131 Å². The number of hydrogen-bond acceptors (Lipinski definition) is 11. The number of halogens is 1. The molecule has 63 heavy (non-hydrogen) atoms. The molecule has 2 heterocycles. The highest BCUT2D eigenvalue weighted by Gasteiger charge is 2.27. The van der Waals surface area contributed by atoms with Crippen molar-refractivity contribution in [1.29, 1.82) is 0 Å². The summed E-state index contributed by atoms with van der Waals surface area (Å²) in [5, 5.41) is 16.5. The van der Waals surface area contributed by atoms with E-state index < -0.39 is 20.9 Å². The molecule has 0 unspecified atom stereocenters. The van der Waals surface area contributed by atoms with Crippen LogP contribution in [0.25, 0.3) is 11.1 Å². The number of benzene rings is 5. The van der Waals surface area contributed by atoms with Crippen LogP contribution in [-0.2, 0) is 21.3 Å². The van der Waals surface area contributed by atoms with Gasteiger partial charge in [0.25, 0.3) is 21.6 Å². The van der Waals surface area contributed by atoms with Crippen LogP contribution in [0, 0.1) is 10.1 Å². The van der Waals surface area contributed by atoms with Crippen LogP contribution >= 0.6 is 23.4 Å². The molecule has 5 aromatic rings. The molecule has 0 radical (unpaired) electrons. The van der Waals surface area contributed by atoms with Crippen LogP contribution in [-0.4, -0.2) is 98.9 Å². The zero-order valence-electron chi connectivity index (χ0n) is 35.7. The van der Waals surface area contributed by atoms with Crippen LogP contribution < -0.4 is 14.9 Å². The Labute approximate surface area is 380 Å². The van der Waals surface area contributed by atoms with Gasteiger partial charge in [0.1, 0.15) is 5.69 Å². The quantitative estimate of drug-likeness (QED) is 0.0495. The molecule has 1 amide bonds. The van der Waals surface area contributed by atoms with E-state index in [1.54, 1.807) is 23.9 Å². The number of sulfonamides is 1. The molecule has 2 aliphatic heterocycles. The van der Waals surface area contributed by atoms with Gasteiger partial charge in [-0.2, -0.15) is 0 Å². The third-order valence-electron chi connectivity index (χ3n) is 11.5. The highest BCUT2D eigenvalue weighted by molar-refractivity contribution is 7.99. The van der Waals surface area contributed by atoms with Crippen LogP contribution in [0.4, 0.5) is 17.1 Å². The van der Waals surface area contributed by atoms with Gasteiger partial charge in [0.15, 0.2) is 0 Å². The maximum absolute atomic E-state index is 13.5. The van der Waals surface area contributed by atoms with Gasteiger partial charge in [-0.15, -0.1) is 11.8 Å². The topological polar surface area (TPSA) is 137 Å². The molecule has 0 saturated carbocycles. The Morgan fingerprint density at radius 2 is 1.54 bits per heavy atom. The van der Waals surface area contributed by atoms with E-state index in [0.717, 1.165) is 93.8 Å². The fourth-order valence-electron chi connectivity index (χ4n) is 8.11. The van der Waals surface area contributed by atoms with E-state index in [-0.39, 0.29) is 40.1 Å². The SMILES string of the molecule is CC(C)OC1CCN(CC[C@H](CSc2ccccc2)Nc2ccc(S(=O)(=O)NC(=O)c3ccc(N4CCN(Cc5ccccc5-c5ccc(Cl)cc5)CC4)cc3)cc2[N+](=O)[O-])CC1. The number of thioether (sulfide) groups is 1. The van der Waals surface area contributed by atoms with Crippen LogP contribution in [0.1, 0.15) is 49.0 Å². The van der Waals surface area contributed by atoms with E-state index in [0.29, 0.717) is 10.8 Å². The van der Waals surface area contributed by atoms with E-state index >= 15 is 0 Å². The lowest BCUT2D eigenvalue weighted by Gasteiger charge is -2.36. The molecule has 2 fully saturated rings. The van der Waals surface area contributed by atoms with Crippen molar-refractivity contribution in [3.63, 3.8) is 0 Å². The largest absolute Gasteiger partial charge is 0.376 e. The summed E-state index contributed by atoms with van der Waals surface area (Å²) in [7, 11) is -4.45. The second-order valence-corrected chi connectivity index (χ2v) is 19.5. The number of piperazine rings is 1. The van der Waals surface area contributed by atoms with Gasteiger partial charge in [-0.3, -0.25) is 19.8 Å². The number of nitro groups is 1. The number of carbonyl (C=O) groups is 1. The van der Waals surface area contributed by atoms with Gasteiger partial charge in [-0.25, -0.2) is 13.1 Å². The lowest BCUT2D eigenvalue weighted by Crippen LogP contribution is -2.46. The smallest absolute Gasteiger partial charge is 0.293 e. The number of likely N-dealkylation sites (tertiary alicyclic amines) is 1. The summed E-state index contributed by atoms with van der Waals surface area (Å²) in [5.74, 6) is -0.187. The van der Waals surface area contributed by atoms with Gasteiger partial charge in [0.2, 0.25) is 0 Å². The number of hydrogen-bond donors (Lipinski definition) is 2. The minimum atomic E-state index is -4.45. The second kappa shape index (κ2) is 21.6. The number of amides is 1. The first kappa shape index (κ1) is 46.0. The summed E-state index contributed by atoms with van der Waals surface area (Å²) in [6.07, 6.45) is 3.09. The number of rotatable bonds is 18. The molecule has 2 N–H and O–H groups in total. The first-order chi connectivity index (χ1) is 30.4. The van der Waals surface area contributed by atoms with E-state index in [2.05, 4.69) is 56.8 Å². The third kappa shape index (κ3) is 12.8. The summed E-state index contributed by atoms with van der Waals surface area (Å²) >= 11 is 7.79. The van der Waals surface area contributed by atoms with Gasteiger partial charge >= 0.3 is 0 Å². The fourth-order valence-corrected chi connectivity index (χ4v) is 10.2. The molecule has 1 atom stereocenters. The number of nitrogens with zero attached hydrogens (tertiary/aromatic N) is 4. The molecule has 15 heteroatoms. The van der Waals surface area contributed by atoms with E-state index in [1.807, 2.05) is 72.8 Å².